The number of phenols is 1. The molecule has 2 nitrogen and oxygen atoms in total. The molecule has 0 spiro atoms. The van der Waals surface area contributed by atoms with E-state index in [1.807, 2.05) is 19.9 Å². The third kappa shape index (κ3) is 2.16. The predicted molar refractivity (Wildman–Crippen MR) is 69.9 cm³/mol. The van der Waals surface area contributed by atoms with Crippen molar-refractivity contribution in [1.29, 1.82) is 0 Å². The van der Waals surface area contributed by atoms with Gasteiger partial charge in [0.05, 0.1) is 11.6 Å². The summed E-state index contributed by atoms with van der Waals surface area (Å²) in [5.74, 6) is 0.145. The lowest BCUT2D eigenvalue weighted by molar-refractivity contribution is 0.214. The van der Waals surface area contributed by atoms with E-state index in [1.54, 1.807) is 0 Å². The van der Waals surface area contributed by atoms with E-state index in [-0.39, 0.29) is 12.4 Å². The van der Waals surface area contributed by atoms with Crippen molar-refractivity contribution in [2.75, 3.05) is 6.61 Å². The minimum atomic E-state index is -0.448. The van der Waals surface area contributed by atoms with Crippen LogP contribution in [0, 0.1) is 0 Å². The molecule has 2 rings (SSSR count). The van der Waals surface area contributed by atoms with Gasteiger partial charge >= 0.3 is 0 Å². The van der Waals surface area contributed by atoms with Gasteiger partial charge in [-0.15, -0.1) is 0 Å². The van der Waals surface area contributed by atoms with Gasteiger partial charge in [-0.3, -0.25) is 0 Å². The second-order valence-electron chi connectivity index (χ2n) is 5.47. The average molecular weight is 255 g/mol. The van der Waals surface area contributed by atoms with Crippen molar-refractivity contribution in [2.45, 2.75) is 44.9 Å². The van der Waals surface area contributed by atoms with Gasteiger partial charge in [-0.1, -0.05) is 25.4 Å². The van der Waals surface area contributed by atoms with Gasteiger partial charge in [0.2, 0.25) is 0 Å². The van der Waals surface area contributed by atoms with E-state index in [2.05, 4.69) is 0 Å². The van der Waals surface area contributed by atoms with Crippen LogP contribution >= 0.6 is 11.6 Å². The zero-order chi connectivity index (χ0) is 12.6. The molecule has 0 saturated carbocycles. The minimum absolute atomic E-state index is 0.00728. The predicted octanol–water partition coefficient (Wildman–Crippen LogP) is 3.19. The van der Waals surface area contributed by atoms with Crippen LogP contribution in [-0.4, -0.2) is 16.8 Å². The summed E-state index contributed by atoms with van der Waals surface area (Å²) in [5, 5.41) is 20.1. The monoisotopic (exact) mass is 254 g/mol. The Morgan fingerprint density at radius 2 is 1.94 bits per heavy atom. The maximum atomic E-state index is 10.2. The Morgan fingerprint density at radius 3 is 2.59 bits per heavy atom. The Morgan fingerprint density at radius 1 is 1.29 bits per heavy atom. The van der Waals surface area contributed by atoms with Gasteiger partial charge < -0.3 is 10.2 Å². The zero-order valence-corrected chi connectivity index (χ0v) is 11.1. The van der Waals surface area contributed by atoms with Crippen LogP contribution in [0.5, 0.6) is 5.75 Å². The first-order chi connectivity index (χ1) is 7.97. The van der Waals surface area contributed by atoms with Crippen molar-refractivity contribution in [3.63, 3.8) is 0 Å². The summed E-state index contributed by atoms with van der Waals surface area (Å²) in [6, 6.07) is 1.88. The molecule has 1 aromatic carbocycles. The molecule has 0 atom stereocenters. The van der Waals surface area contributed by atoms with Gasteiger partial charge in [-0.05, 0) is 42.9 Å². The number of halogens is 1. The lowest BCUT2D eigenvalue weighted by atomic mass is 9.76. The third-order valence-electron chi connectivity index (χ3n) is 3.65. The summed E-state index contributed by atoms with van der Waals surface area (Å²) in [5.41, 5.74) is 2.81. The number of fused-ring (bicyclic) bond motifs is 1. The second-order valence-corrected chi connectivity index (χ2v) is 5.88. The number of rotatable bonds is 2. The lowest BCUT2D eigenvalue weighted by Crippen LogP contribution is -2.25. The number of aliphatic hydroxyl groups is 1. The van der Waals surface area contributed by atoms with Crippen molar-refractivity contribution < 1.29 is 10.2 Å². The minimum Gasteiger partial charge on any atom is -0.506 e. The normalized spacial score (nSPS) is 15.8. The van der Waals surface area contributed by atoms with Crippen molar-refractivity contribution in [2.24, 2.45) is 0 Å². The van der Waals surface area contributed by atoms with Gasteiger partial charge in [-0.2, -0.15) is 0 Å². The van der Waals surface area contributed by atoms with Gasteiger partial charge in [0.1, 0.15) is 5.75 Å². The molecular weight excluding hydrogens is 236 g/mol. The molecule has 1 aromatic rings. The van der Waals surface area contributed by atoms with Crippen LogP contribution < -0.4 is 0 Å². The highest BCUT2D eigenvalue weighted by molar-refractivity contribution is 6.32. The summed E-state index contributed by atoms with van der Waals surface area (Å²) >= 11 is 6.08. The number of hydrogen-bond donors (Lipinski definition) is 2. The van der Waals surface area contributed by atoms with Crippen LogP contribution in [0.2, 0.25) is 5.02 Å². The molecule has 2 N–H and O–H groups in total. The van der Waals surface area contributed by atoms with E-state index in [1.165, 1.54) is 17.5 Å². The molecule has 0 aliphatic heterocycles. The molecule has 0 aromatic heterocycles. The molecule has 0 saturated heterocycles. The first-order valence-corrected chi connectivity index (χ1v) is 6.49. The number of hydrogen-bond acceptors (Lipinski definition) is 2. The molecule has 3 heteroatoms. The molecule has 17 heavy (non-hydrogen) atoms. The van der Waals surface area contributed by atoms with Crippen LogP contribution in [-0.2, 0) is 18.3 Å². The largest absolute Gasteiger partial charge is 0.506 e. The Bertz CT molecular complexity index is 438. The highest BCUT2D eigenvalue weighted by atomic mass is 35.5. The Balaban J connectivity index is 2.67. The van der Waals surface area contributed by atoms with E-state index in [0.29, 0.717) is 5.02 Å². The molecule has 1 aliphatic carbocycles. The standard InChI is InChI=1S/C14H19ClO2/c1-14(2,8-16)12-10-6-4-3-5-9(10)7-11(15)13(12)17/h7,16-17H,3-6,8H2,1-2H3. The molecule has 0 bridgehead atoms. The number of benzene rings is 1. The molecule has 94 valence electrons. The van der Waals surface area contributed by atoms with Crippen LogP contribution in [0.1, 0.15) is 43.4 Å². The van der Waals surface area contributed by atoms with Crippen LogP contribution in [0.15, 0.2) is 6.07 Å². The number of aliphatic hydroxyl groups excluding tert-OH is 1. The first kappa shape index (κ1) is 12.7. The Kier molecular flexibility index (Phi) is 3.37. The SMILES string of the molecule is CC(C)(CO)c1c(O)c(Cl)cc2c1CCCC2. The Hall–Kier alpha value is -0.730. The average Bonchev–Trinajstić information content (AvgIpc) is 2.30. The maximum Gasteiger partial charge on any atom is 0.138 e. The second kappa shape index (κ2) is 4.51. The van der Waals surface area contributed by atoms with Crippen molar-refractivity contribution in [3.05, 3.63) is 27.8 Å². The summed E-state index contributed by atoms with van der Waals surface area (Å²) < 4.78 is 0. The molecule has 1 aliphatic rings. The fraction of sp³-hybridized carbons (Fsp3) is 0.571. The molecule has 0 radical (unpaired) electrons. The fourth-order valence-corrected chi connectivity index (χ4v) is 2.89. The van der Waals surface area contributed by atoms with Crippen molar-refractivity contribution in [1.82, 2.24) is 0 Å². The van der Waals surface area contributed by atoms with E-state index < -0.39 is 5.41 Å². The molecule has 0 heterocycles. The molecular formula is C14H19ClO2. The fourth-order valence-electron chi connectivity index (χ4n) is 2.67. The van der Waals surface area contributed by atoms with E-state index in [0.717, 1.165) is 24.8 Å². The van der Waals surface area contributed by atoms with Gasteiger partial charge in [0.25, 0.3) is 0 Å². The van der Waals surface area contributed by atoms with E-state index >= 15 is 0 Å². The first-order valence-electron chi connectivity index (χ1n) is 6.12. The molecule has 0 amide bonds. The molecule has 0 fully saturated rings. The topological polar surface area (TPSA) is 40.5 Å². The van der Waals surface area contributed by atoms with Crippen molar-refractivity contribution in [3.8, 4) is 5.75 Å². The van der Waals surface area contributed by atoms with Crippen LogP contribution in [0.3, 0.4) is 0 Å². The van der Waals surface area contributed by atoms with Gasteiger partial charge in [-0.25, -0.2) is 0 Å². The Labute approximate surface area is 107 Å². The number of phenolic OH excluding ortho intramolecular Hbond substituents is 1. The summed E-state index contributed by atoms with van der Waals surface area (Å²) in [6.45, 7) is 3.88. The van der Waals surface area contributed by atoms with Crippen molar-refractivity contribution >= 4 is 11.6 Å². The zero-order valence-electron chi connectivity index (χ0n) is 10.4. The number of aromatic hydroxyl groups is 1. The van der Waals surface area contributed by atoms with Crippen LogP contribution in [0.25, 0.3) is 0 Å². The van der Waals surface area contributed by atoms with Crippen LogP contribution in [0.4, 0.5) is 0 Å². The summed E-state index contributed by atoms with van der Waals surface area (Å²) in [7, 11) is 0. The number of aryl methyl sites for hydroxylation is 1. The highest BCUT2D eigenvalue weighted by Gasteiger charge is 2.30. The summed E-state index contributed by atoms with van der Waals surface area (Å²) in [4.78, 5) is 0. The summed E-state index contributed by atoms with van der Waals surface area (Å²) in [6.07, 6.45) is 4.30. The van der Waals surface area contributed by atoms with Gasteiger partial charge in [0.15, 0.2) is 0 Å². The van der Waals surface area contributed by atoms with Gasteiger partial charge in [0, 0.05) is 11.0 Å². The van der Waals surface area contributed by atoms with E-state index in [4.69, 9.17) is 11.6 Å². The molecule has 0 unspecified atom stereocenters. The van der Waals surface area contributed by atoms with E-state index in [9.17, 15) is 10.2 Å². The maximum absolute atomic E-state index is 10.2. The quantitative estimate of drug-likeness (QED) is 0.851. The smallest absolute Gasteiger partial charge is 0.138 e. The lowest BCUT2D eigenvalue weighted by Gasteiger charge is -2.30. The highest BCUT2D eigenvalue weighted by Crippen LogP contribution is 2.42. The third-order valence-corrected chi connectivity index (χ3v) is 3.94.